The fourth-order valence-electron chi connectivity index (χ4n) is 7.72. The number of rotatable bonds is 2. The van der Waals surface area contributed by atoms with Gasteiger partial charge in [0.2, 0.25) is 1.43 Å². The Bertz CT molecular complexity index is 801. The minimum absolute atomic E-state index is 0. The maximum atomic E-state index is 14.1. The summed E-state index contributed by atoms with van der Waals surface area (Å²) in [6.07, 6.45) is -0.834. The molecule has 0 spiro atoms. The molecular formula is C23H36AcO6. The van der Waals surface area contributed by atoms with Gasteiger partial charge in [-0.15, -0.1) is 0 Å². The number of hydrogen-bond donors (Lipinski definition) is 3. The van der Waals surface area contributed by atoms with Gasteiger partial charge in [-0.2, -0.15) is 0 Å². The molecule has 0 aromatic carbocycles. The van der Waals surface area contributed by atoms with Crippen molar-refractivity contribution in [1.29, 1.82) is 1.43 Å². The Morgan fingerprint density at radius 2 is 1.87 bits per heavy atom. The summed E-state index contributed by atoms with van der Waals surface area (Å²) in [5.41, 5.74) is -2.37. The molecule has 167 valence electrons. The van der Waals surface area contributed by atoms with Crippen LogP contribution in [0, 0.1) is 72.6 Å². The second kappa shape index (κ2) is 7.58. The van der Waals surface area contributed by atoms with E-state index in [-0.39, 0.29) is 62.6 Å². The summed E-state index contributed by atoms with van der Waals surface area (Å²) in [6.45, 7) is 11.7. The summed E-state index contributed by atoms with van der Waals surface area (Å²) in [7, 11) is 1.63. The van der Waals surface area contributed by atoms with Gasteiger partial charge in [0.25, 0.3) is 0 Å². The molecule has 1 saturated heterocycles. The second-order valence-corrected chi connectivity index (χ2v) is 10.7. The molecule has 2 bridgehead atoms. The van der Waals surface area contributed by atoms with Crippen LogP contribution in [-0.4, -0.2) is 65.8 Å². The van der Waals surface area contributed by atoms with Crippen LogP contribution in [0.5, 0.6) is 0 Å². The van der Waals surface area contributed by atoms with E-state index in [4.69, 9.17) is 16.0 Å². The van der Waals surface area contributed by atoms with Crippen molar-refractivity contribution >= 4 is 5.78 Å². The Morgan fingerprint density at radius 3 is 2.37 bits per heavy atom. The van der Waals surface area contributed by atoms with Gasteiger partial charge in [-0.25, -0.2) is 0 Å². The van der Waals surface area contributed by atoms with Crippen molar-refractivity contribution in [2.75, 3.05) is 13.7 Å². The van der Waals surface area contributed by atoms with Crippen molar-refractivity contribution in [3.63, 3.8) is 0 Å². The van der Waals surface area contributed by atoms with Crippen molar-refractivity contribution < 1.29 is 73.7 Å². The molecule has 7 heteroatoms. The molecule has 0 amide bonds. The molecular weight excluding hydrogens is 599 g/mol. The zero-order valence-corrected chi connectivity index (χ0v) is 23.9. The number of Topliss-reactive ketones (excluding diaryl/α,β-unsaturated/α-hetero) is 1. The van der Waals surface area contributed by atoms with Gasteiger partial charge in [-0.1, -0.05) is 27.7 Å². The molecule has 1 radical (unpaired) electrons. The molecule has 4 rings (SSSR count). The van der Waals surface area contributed by atoms with Crippen LogP contribution in [-0.2, 0) is 14.3 Å². The summed E-state index contributed by atoms with van der Waals surface area (Å²) in [5, 5.41) is 29.1. The van der Waals surface area contributed by atoms with Gasteiger partial charge in [0, 0.05) is 81.3 Å². The van der Waals surface area contributed by atoms with Gasteiger partial charge in [0.05, 0.1) is 35.9 Å². The number of aliphatic hydroxyl groups is 3. The van der Waals surface area contributed by atoms with E-state index in [0.29, 0.717) is 12.8 Å². The van der Waals surface area contributed by atoms with Gasteiger partial charge < -0.3 is 24.8 Å². The van der Waals surface area contributed by atoms with E-state index >= 15 is 0 Å². The normalized spacial score (nSPS) is 52.7. The first kappa shape index (κ1) is 23.8. The zero-order chi connectivity index (χ0) is 22.4. The topological polar surface area (TPSA) is 96.2 Å². The summed E-state index contributed by atoms with van der Waals surface area (Å²) in [5.74, 6) is -1.60. The molecule has 30 heavy (non-hydrogen) atoms. The van der Waals surface area contributed by atoms with E-state index in [1.54, 1.807) is 7.11 Å². The Morgan fingerprint density at radius 1 is 1.23 bits per heavy atom. The van der Waals surface area contributed by atoms with Crippen LogP contribution >= 0.6 is 0 Å². The Hall–Kier alpha value is 0.652. The Kier molecular flexibility index (Phi) is 6.02. The molecule has 0 aromatic rings. The van der Waals surface area contributed by atoms with Gasteiger partial charge in [-0.3, -0.25) is 4.79 Å². The number of aliphatic hydroxyl groups excluding tert-OH is 1. The van der Waals surface area contributed by atoms with E-state index in [1.165, 1.54) is 0 Å². The number of fused-ring (bicyclic) bond motifs is 5. The number of ketones is 1. The molecule has 6 nitrogen and oxygen atoms in total. The number of hydrogen-bond acceptors (Lipinski definition) is 6. The first-order chi connectivity index (χ1) is 13.8. The van der Waals surface area contributed by atoms with E-state index in [9.17, 15) is 15.0 Å². The summed E-state index contributed by atoms with van der Waals surface area (Å²) in [4.78, 5) is 14.1. The molecule has 4 aliphatic rings. The van der Waals surface area contributed by atoms with Crippen LogP contribution in [0.25, 0.3) is 0 Å². The first-order valence-electron chi connectivity index (χ1n) is 11.2. The Balaban J connectivity index is 0.00000272. The third-order valence-corrected chi connectivity index (χ3v) is 9.41. The molecule has 1 aliphatic heterocycles. The van der Waals surface area contributed by atoms with Crippen molar-refractivity contribution in [1.82, 2.24) is 0 Å². The quantitative estimate of drug-likeness (QED) is 0.401. The standard InChI is InChI=1S/C23H36O6.Ac/c1-11-14(28-7)9-23(27)13(3)18-21(6,15(24)8-16-22(18,26)10-29-16)19(25)12(2)17(11)20(23,4)5;/h12-16,18,24,26-27H,8-10H2,1-7H3;/t12-,13+,14+,15+,16-,18?,21-,22+,23-;/m1./s1/i24T;. The average Bonchev–Trinajstić information content (AvgIpc) is 2.67. The second-order valence-electron chi connectivity index (χ2n) is 10.7. The molecule has 3 N–H and O–H groups in total. The largest absolute Gasteiger partial charge is 0.392 e. The molecule has 3 aliphatic carbocycles. The minimum atomic E-state index is -1.24. The van der Waals surface area contributed by atoms with E-state index in [2.05, 4.69) is 0 Å². The molecule has 9 atom stereocenters. The van der Waals surface area contributed by atoms with Gasteiger partial charge >= 0.3 is 0 Å². The average molecular weight is 638 g/mol. The van der Waals surface area contributed by atoms with Gasteiger partial charge in [0.1, 0.15) is 11.4 Å². The van der Waals surface area contributed by atoms with Crippen LogP contribution in [0.4, 0.5) is 0 Å². The molecule has 0 aromatic heterocycles. The number of methoxy groups -OCH3 is 1. The molecule has 2 saturated carbocycles. The first-order valence-corrected chi connectivity index (χ1v) is 10.8. The van der Waals surface area contributed by atoms with Crippen LogP contribution in [0.3, 0.4) is 0 Å². The molecule has 1 unspecified atom stereocenters. The molecule has 3 fully saturated rings. The third-order valence-electron chi connectivity index (χ3n) is 9.41. The maximum Gasteiger partial charge on any atom is 0.210 e. The van der Waals surface area contributed by atoms with E-state index in [0.717, 1.165) is 11.1 Å². The smallest absolute Gasteiger partial charge is 0.210 e. The summed E-state index contributed by atoms with van der Waals surface area (Å²) >= 11 is 0. The van der Waals surface area contributed by atoms with Crippen LogP contribution in [0.2, 0.25) is 0 Å². The van der Waals surface area contributed by atoms with Gasteiger partial charge in [0.15, 0.2) is 0 Å². The van der Waals surface area contributed by atoms with Crippen molar-refractivity contribution in [2.45, 2.75) is 83.9 Å². The van der Waals surface area contributed by atoms with E-state index < -0.39 is 52.0 Å². The number of ether oxygens (including phenoxy) is 2. The fourth-order valence-corrected chi connectivity index (χ4v) is 7.72. The zero-order valence-electron chi connectivity index (χ0n) is 20.2. The number of carbonyl (C=O) groups is 1. The van der Waals surface area contributed by atoms with Crippen LogP contribution in [0.1, 0.15) is 54.4 Å². The van der Waals surface area contributed by atoms with Crippen LogP contribution < -0.4 is 0 Å². The minimum Gasteiger partial charge on any atom is -0.392 e. The van der Waals surface area contributed by atoms with Crippen molar-refractivity contribution in [2.24, 2.45) is 28.6 Å². The summed E-state index contributed by atoms with van der Waals surface area (Å²) in [6, 6.07) is 0. The predicted octanol–water partition coefficient (Wildman–Crippen LogP) is 1.85. The fraction of sp³-hybridized carbons (Fsp3) is 0.870. The SMILES string of the molecule is [3H]O[C@H]1C[C@H]2OC[C@@]2(O)C2[C@H](C)[C@]3(O)C[C@H](OC)C(C)=C([C@@H](C)C(=O)[C@@]21C)C3(C)C.[Ac]. The third kappa shape index (κ3) is 2.79. The number of carbonyl (C=O) groups excluding carboxylic acids is 1. The maximum absolute atomic E-state index is 14.1. The van der Waals surface area contributed by atoms with E-state index in [1.807, 2.05) is 41.5 Å². The monoisotopic (exact) mass is 637 g/mol. The molecule has 1 heterocycles. The summed E-state index contributed by atoms with van der Waals surface area (Å²) < 4.78 is 19.1. The Labute approximate surface area is 216 Å². The predicted molar refractivity (Wildman–Crippen MR) is 107 cm³/mol. The van der Waals surface area contributed by atoms with Gasteiger partial charge in [-0.05, 0) is 30.9 Å². The van der Waals surface area contributed by atoms with Crippen LogP contribution in [0.15, 0.2) is 11.1 Å². The van der Waals surface area contributed by atoms with Crippen molar-refractivity contribution in [3.05, 3.63) is 11.1 Å². The van der Waals surface area contributed by atoms with Crippen molar-refractivity contribution in [3.8, 4) is 0 Å².